The van der Waals surface area contributed by atoms with Crippen molar-refractivity contribution in [1.82, 2.24) is 0 Å². The van der Waals surface area contributed by atoms with E-state index in [4.69, 9.17) is 14.2 Å². The van der Waals surface area contributed by atoms with Gasteiger partial charge in [0.15, 0.2) is 0 Å². The van der Waals surface area contributed by atoms with Gasteiger partial charge in [0.05, 0.1) is 26.1 Å². The molecule has 0 N–H and O–H groups in total. The molecule has 0 bridgehead atoms. The highest BCUT2D eigenvalue weighted by Gasteiger charge is 2.02. The van der Waals surface area contributed by atoms with Crippen molar-refractivity contribution in [2.75, 3.05) is 35.3 Å². The Morgan fingerprint density at radius 3 is 1.53 bits per heavy atom. The van der Waals surface area contributed by atoms with Crippen LogP contribution in [-0.4, -0.2) is 47.2 Å². The lowest BCUT2D eigenvalue weighted by Crippen LogP contribution is -2.14. The molecule has 0 fully saturated rings. The molecule has 0 spiro atoms. The van der Waals surface area contributed by atoms with Gasteiger partial charge in [-0.15, -0.1) is 0 Å². The summed E-state index contributed by atoms with van der Waals surface area (Å²) in [6.07, 6.45) is 0.850. The molecule has 0 aliphatic carbocycles. The fraction of sp³-hybridized carbons (Fsp3) is 0.800. The van der Waals surface area contributed by atoms with Gasteiger partial charge in [0.25, 0.3) is 0 Å². The molecule has 0 aliphatic rings. The molecule has 0 amide bonds. The zero-order valence-corrected chi connectivity index (χ0v) is 13.8. The molecule has 0 atom stereocenters. The minimum atomic E-state index is -0.212. The SMILES string of the molecule is O=C(CCI)OCCOCCOC(=O)CCI. The van der Waals surface area contributed by atoms with Crippen molar-refractivity contribution in [3.63, 3.8) is 0 Å². The van der Waals surface area contributed by atoms with E-state index in [0.717, 1.165) is 8.86 Å². The number of ether oxygens (including phenoxy) is 3. The summed E-state index contributed by atoms with van der Waals surface area (Å²) in [4.78, 5) is 21.9. The third-order valence-corrected chi connectivity index (χ3v) is 2.66. The van der Waals surface area contributed by atoms with E-state index < -0.39 is 0 Å². The fourth-order valence-corrected chi connectivity index (χ4v) is 1.71. The van der Waals surface area contributed by atoms with E-state index in [1.807, 2.05) is 0 Å². The van der Waals surface area contributed by atoms with Crippen LogP contribution in [0.15, 0.2) is 0 Å². The fourth-order valence-electron chi connectivity index (χ4n) is 0.830. The van der Waals surface area contributed by atoms with E-state index in [1.54, 1.807) is 0 Å². The molecule has 5 nitrogen and oxygen atoms in total. The molecule has 100 valence electrons. The lowest BCUT2D eigenvalue weighted by molar-refractivity contribution is -0.146. The highest BCUT2D eigenvalue weighted by atomic mass is 127. The Labute approximate surface area is 128 Å². The average Bonchev–Trinajstić information content (AvgIpc) is 2.28. The van der Waals surface area contributed by atoms with Crippen LogP contribution in [0, 0.1) is 0 Å². The van der Waals surface area contributed by atoms with Crippen molar-refractivity contribution in [3.05, 3.63) is 0 Å². The van der Waals surface area contributed by atoms with Crippen LogP contribution in [-0.2, 0) is 23.8 Å². The molecule has 0 radical (unpaired) electrons. The van der Waals surface area contributed by atoms with Crippen molar-refractivity contribution in [1.29, 1.82) is 0 Å². The number of rotatable bonds is 10. The Hall–Kier alpha value is 0.360. The van der Waals surface area contributed by atoms with E-state index in [1.165, 1.54) is 0 Å². The third-order valence-electron chi connectivity index (χ3n) is 1.58. The van der Waals surface area contributed by atoms with E-state index in [0.29, 0.717) is 26.1 Å². The summed E-state index contributed by atoms with van der Waals surface area (Å²) in [5, 5.41) is 0. The molecule has 0 heterocycles. The zero-order chi connectivity index (χ0) is 12.9. The molecule has 0 aromatic rings. The normalized spacial score (nSPS) is 10.0. The monoisotopic (exact) mass is 470 g/mol. The third kappa shape index (κ3) is 12.6. The summed E-state index contributed by atoms with van der Waals surface area (Å²) in [5.41, 5.74) is 0. The van der Waals surface area contributed by atoms with Gasteiger partial charge in [-0.3, -0.25) is 9.59 Å². The standard InChI is InChI=1S/C10H16I2O5/c11-3-1-9(13)16-7-5-15-6-8-17-10(14)2-4-12/h1-8H2. The van der Waals surface area contributed by atoms with Gasteiger partial charge < -0.3 is 14.2 Å². The maximum atomic E-state index is 10.9. The van der Waals surface area contributed by atoms with Gasteiger partial charge in [0.2, 0.25) is 0 Å². The first kappa shape index (κ1) is 17.4. The maximum absolute atomic E-state index is 10.9. The predicted octanol–water partition coefficient (Wildman–Crippen LogP) is 1.74. The molecule has 0 saturated heterocycles. The molecule has 0 aromatic carbocycles. The Bertz CT molecular complexity index is 201. The van der Waals surface area contributed by atoms with Crippen LogP contribution < -0.4 is 0 Å². The number of halogens is 2. The second kappa shape index (κ2) is 12.8. The van der Waals surface area contributed by atoms with Crippen molar-refractivity contribution in [2.24, 2.45) is 0 Å². The summed E-state index contributed by atoms with van der Waals surface area (Å²) >= 11 is 4.23. The molecular formula is C10H16I2O5. The van der Waals surface area contributed by atoms with Crippen LogP contribution in [0.25, 0.3) is 0 Å². The van der Waals surface area contributed by atoms with Crippen LogP contribution in [0.2, 0.25) is 0 Å². The highest BCUT2D eigenvalue weighted by molar-refractivity contribution is 14.1. The van der Waals surface area contributed by atoms with Gasteiger partial charge in [0, 0.05) is 8.86 Å². The first-order valence-electron chi connectivity index (χ1n) is 5.21. The predicted molar refractivity (Wildman–Crippen MR) is 79.7 cm³/mol. The van der Waals surface area contributed by atoms with E-state index in [-0.39, 0.29) is 25.2 Å². The lowest BCUT2D eigenvalue weighted by Gasteiger charge is -2.06. The quantitative estimate of drug-likeness (QED) is 0.211. The number of carbonyl (C=O) groups is 2. The molecule has 0 unspecified atom stereocenters. The summed E-state index contributed by atoms with van der Waals surface area (Å²) in [6.45, 7) is 1.15. The minimum absolute atomic E-state index is 0.212. The van der Waals surface area contributed by atoms with Gasteiger partial charge in [-0.1, -0.05) is 45.2 Å². The number of carbonyl (C=O) groups excluding carboxylic acids is 2. The summed E-state index contributed by atoms with van der Waals surface area (Å²) in [7, 11) is 0. The highest BCUT2D eigenvalue weighted by Crippen LogP contribution is 1.93. The van der Waals surface area contributed by atoms with E-state index >= 15 is 0 Å². The molecular weight excluding hydrogens is 454 g/mol. The number of hydrogen-bond acceptors (Lipinski definition) is 5. The van der Waals surface area contributed by atoms with Crippen LogP contribution >= 0.6 is 45.2 Å². The van der Waals surface area contributed by atoms with E-state index in [9.17, 15) is 9.59 Å². The van der Waals surface area contributed by atoms with Gasteiger partial charge in [-0.25, -0.2) is 0 Å². The van der Waals surface area contributed by atoms with Crippen LogP contribution in [0.4, 0.5) is 0 Å². The molecule has 0 rings (SSSR count). The molecule has 7 heteroatoms. The summed E-state index contributed by atoms with van der Waals surface area (Å²) in [6, 6.07) is 0. The van der Waals surface area contributed by atoms with Gasteiger partial charge in [-0.2, -0.15) is 0 Å². The van der Waals surface area contributed by atoms with Crippen LogP contribution in [0.1, 0.15) is 12.8 Å². The van der Waals surface area contributed by atoms with Crippen LogP contribution in [0.5, 0.6) is 0 Å². The van der Waals surface area contributed by atoms with Gasteiger partial charge >= 0.3 is 11.9 Å². The molecule has 0 saturated carbocycles. The van der Waals surface area contributed by atoms with Crippen LogP contribution in [0.3, 0.4) is 0 Å². The lowest BCUT2D eigenvalue weighted by atomic mass is 10.5. The van der Waals surface area contributed by atoms with Crippen molar-refractivity contribution < 1.29 is 23.8 Å². The first-order valence-corrected chi connectivity index (χ1v) is 8.26. The van der Waals surface area contributed by atoms with Gasteiger partial charge in [0.1, 0.15) is 13.2 Å². The molecule has 17 heavy (non-hydrogen) atoms. The average molecular weight is 470 g/mol. The summed E-state index contributed by atoms with van der Waals surface area (Å²) < 4.78 is 16.4. The minimum Gasteiger partial charge on any atom is -0.463 e. The second-order valence-corrected chi connectivity index (χ2v) is 5.09. The number of alkyl halides is 2. The second-order valence-electron chi connectivity index (χ2n) is 2.93. The molecule has 0 aromatic heterocycles. The molecule has 0 aliphatic heterocycles. The number of esters is 2. The largest absolute Gasteiger partial charge is 0.463 e. The first-order chi connectivity index (χ1) is 8.20. The topological polar surface area (TPSA) is 61.8 Å². The Balaban J connectivity index is 3.18. The zero-order valence-electron chi connectivity index (χ0n) is 9.45. The van der Waals surface area contributed by atoms with Crippen molar-refractivity contribution in [3.8, 4) is 0 Å². The van der Waals surface area contributed by atoms with E-state index in [2.05, 4.69) is 45.2 Å². The summed E-state index contributed by atoms with van der Waals surface area (Å²) in [5.74, 6) is -0.423. The van der Waals surface area contributed by atoms with Crippen molar-refractivity contribution in [2.45, 2.75) is 12.8 Å². The Kier molecular flexibility index (Phi) is 13.1. The Morgan fingerprint density at radius 1 is 0.765 bits per heavy atom. The Morgan fingerprint density at radius 2 is 1.18 bits per heavy atom. The van der Waals surface area contributed by atoms with Crippen molar-refractivity contribution >= 4 is 57.1 Å². The number of hydrogen-bond donors (Lipinski definition) is 0. The smallest absolute Gasteiger partial charge is 0.306 e. The van der Waals surface area contributed by atoms with Gasteiger partial charge in [-0.05, 0) is 0 Å². The maximum Gasteiger partial charge on any atom is 0.306 e.